The molecule has 1 heterocycles. The van der Waals surface area contributed by atoms with E-state index in [1.807, 2.05) is 0 Å². The molecule has 2 atom stereocenters. The van der Waals surface area contributed by atoms with Crippen LogP contribution in [0, 0.1) is 0 Å². The summed E-state index contributed by atoms with van der Waals surface area (Å²) in [5, 5.41) is 6.40. The average molecular weight is 279 g/mol. The minimum Gasteiger partial charge on any atom is -0.372 e. The Labute approximate surface area is 117 Å². The fraction of sp³-hybridized carbons (Fsp3) is 0.923. The third kappa shape index (κ3) is 7.19. The fourth-order valence-corrected chi connectivity index (χ4v) is 2.11. The summed E-state index contributed by atoms with van der Waals surface area (Å²) < 4.78 is 5.34. The first kappa shape index (κ1) is 17.7. The van der Waals surface area contributed by atoms with Gasteiger partial charge in [0.05, 0.1) is 0 Å². The van der Waals surface area contributed by atoms with Crippen molar-refractivity contribution in [2.24, 2.45) is 0 Å². The highest BCUT2D eigenvalue weighted by Crippen LogP contribution is 2.07. The molecule has 0 aromatic heterocycles. The van der Waals surface area contributed by atoms with Crippen LogP contribution in [0.15, 0.2) is 0 Å². The molecular formula is C13H27ClN2O2. The number of ether oxygens (including phenoxy) is 1. The van der Waals surface area contributed by atoms with E-state index in [-0.39, 0.29) is 31.0 Å². The van der Waals surface area contributed by atoms with Gasteiger partial charge < -0.3 is 15.4 Å². The van der Waals surface area contributed by atoms with Crippen LogP contribution in [-0.2, 0) is 9.53 Å². The standard InChI is InChI=1S/C13H26N2O2.ClH/c1-3-4-5-9-17-10-13(16)15-12-7-6-8-14-11(12)2;/h11-12,14H,3-10H2,1-2H3,(H,15,16);1H. The summed E-state index contributed by atoms with van der Waals surface area (Å²) in [6.45, 7) is 6.23. The van der Waals surface area contributed by atoms with Crippen LogP contribution in [0.1, 0.15) is 46.0 Å². The molecule has 18 heavy (non-hydrogen) atoms. The molecule has 0 radical (unpaired) electrons. The van der Waals surface area contributed by atoms with Gasteiger partial charge >= 0.3 is 0 Å². The number of amides is 1. The molecule has 0 spiro atoms. The predicted octanol–water partition coefficient (Wildman–Crippen LogP) is 1.87. The van der Waals surface area contributed by atoms with Crippen molar-refractivity contribution in [2.45, 2.75) is 58.0 Å². The number of unbranched alkanes of at least 4 members (excludes halogenated alkanes) is 2. The highest BCUT2D eigenvalue weighted by molar-refractivity contribution is 5.85. The zero-order chi connectivity index (χ0) is 12.5. The Kier molecular flexibility index (Phi) is 10.4. The summed E-state index contributed by atoms with van der Waals surface area (Å²) in [5.74, 6) is 0.0158. The summed E-state index contributed by atoms with van der Waals surface area (Å²) in [4.78, 5) is 11.6. The third-order valence-corrected chi connectivity index (χ3v) is 3.23. The van der Waals surface area contributed by atoms with Crippen molar-refractivity contribution in [3.63, 3.8) is 0 Å². The molecule has 1 rings (SSSR count). The Morgan fingerprint density at radius 2 is 2.22 bits per heavy atom. The van der Waals surface area contributed by atoms with Crippen LogP contribution < -0.4 is 10.6 Å². The highest BCUT2D eigenvalue weighted by atomic mass is 35.5. The van der Waals surface area contributed by atoms with E-state index in [0.29, 0.717) is 12.6 Å². The van der Waals surface area contributed by atoms with Gasteiger partial charge in [-0.25, -0.2) is 0 Å². The normalized spacial score (nSPS) is 23.2. The second-order valence-electron chi connectivity index (χ2n) is 4.82. The van der Waals surface area contributed by atoms with Crippen LogP contribution in [0.5, 0.6) is 0 Å². The molecule has 1 amide bonds. The van der Waals surface area contributed by atoms with Gasteiger partial charge in [-0.1, -0.05) is 19.8 Å². The number of rotatable bonds is 7. The van der Waals surface area contributed by atoms with Crippen molar-refractivity contribution < 1.29 is 9.53 Å². The van der Waals surface area contributed by atoms with Crippen LogP contribution in [0.4, 0.5) is 0 Å². The second-order valence-corrected chi connectivity index (χ2v) is 4.82. The zero-order valence-corrected chi connectivity index (χ0v) is 12.4. The minimum absolute atomic E-state index is 0. The molecule has 0 bridgehead atoms. The molecule has 5 heteroatoms. The van der Waals surface area contributed by atoms with E-state index in [4.69, 9.17) is 4.74 Å². The van der Waals surface area contributed by atoms with E-state index >= 15 is 0 Å². The first-order valence-corrected chi connectivity index (χ1v) is 6.84. The van der Waals surface area contributed by atoms with Gasteiger partial charge in [-0.15, -0.1) is 12.4 Å². The summed E-state index contributed by atoms with van der Waals surface area (Å²) in [6.07, 6.45) is 5.60. The fourth-order valence-electron chi connectivity index (χ4n) is 2.11. The molecule has 4 nitrogen and oxygen atoms in total. The maximum Gasteiger partial charge on any atom is 0.246 e. The number of halogens is 1. The van der Waals surface area contributed by atoms with Crippen LogP contribution in [-0.4, -0.2) is 37.7 Å². The number of hydrogen-bond acceptors (Lipinski definition) is 3. The first-order chi connectivity index (χ1) is 8.24. The van der Waals surface area contributed by atoms with E-state index in [1.165, 1.54) is 12.8 Å². The largest absolute Gasteiger partial charge is 0.372 e. The molecule has 1 aliphatic rings. The number of carbonyl (C=O) groups is 1. The summed E-state index contributed by atoms with van der Waals surface area (Å²) in [6, 6.07) is 0.628. The Morgan fingerprint density at radius 3 is 2.89 bits per heavy atom. The summed E-state index contributed by atoms with van der Waals surface area (Å²) in [7, 11) is 0. The lowest BCUT2D eigenvalue weighted by Gasteiger charge is -2.30. The lowest BCUT2D eigenvalue weighted by Crippen LogP contribution is -2.52. The molecule has 0 aliphatic carbocycles. The van der Waals surface area contributed by atoms with Crippen molar-refractivity contribution in [3.8, 4) is 0 Å². The molecular weight excluding hydrogens is 252 g/mol. The van der Waals surface area contributed by atoms with Gasteiger partial charge in [0, 0.05) is 18.7 Å². The van der Waals surface area contributed by atoms with Gasteiger partial charge in [0.25, 0.3) is 0 Å². The van der Waals surface area contributed by atoms with Gasteiger partial charge in [-0.3, -0.25) is 4.79 Å². The first-order valence-electron chi connectivity index (χ1n) is 6.84. The molecule has 0 aromatic rings. The Hall–Kier alpha value is -0.320. The molecule has 0 saturated carbocycles. The van der Waals surface area contributed by atoms with Crippen LogP contribution in [0.25, 0.3) is 0 Å². The van der Waals surface area contributed by atoms with Gasteiger partial charge in [0.2, 0.25) is 5.91 Å². The number of nitrogens with one attached hydrogen (secondary N) is 2. The molecule has 2 N–H and O–H groups in total. The van der Waals surface area contributed by atoms with Crippen LogP contribution >= 0.6 is 12.4 Å². The van der Waals surface area contributed by atoms with Crippen LogP contribution in [0.3, 0.4) is 0 Å². The number of piperidine rings is 1. The van der Waals surface area contributed by atoms with Crippen molar-refractivity contribution in [1.29, 1.82) is 0 Å². The van der Waals surface area contributed by atoms with Crippen LogP contribution in [0.2, 0.25) is 0 Å². The van der Waals surface area contributed by atoms with Crippen molar-refractivity contribution in [2.75, 3.05) is 19.8 Å². The van der Waals surface area contributed by atoms with E-state index < -0.39 is 0 Å². The Bertz CT molecular complexity index is 227. The predicted molar refractivity (Wildman–Crippen MR) is 76.2 cm³/mol. The maximum absolute atomic E-state index is 11.6. The molecule has 2 unspecified atom stereocenters. The van der Waals surface area contributed by atoms with Gasteiger partial charge in [0.1, 0.15) is 6.61 Å². The van der Waals surface area contributed by atoms with Crippen molar-refractivity contribution >= 4 is 18.3 Å². The lowest BCUT2D eigenvalue weighted by atomic mass is 10.00. The van der Waals surface area contributed by atoms with E-state index in [9.17, 15) is 4.79 Å². The molecule has 1 fully saturated rings. The van der Waals surface area contributed by atoms with Crippen molar-refractivity contribution in [1.82, 2.24) is 10.6 Å². The van der Waals surface area contributed by atoms with Gasteiger partial charge in [0.15, 0.2) is 0 Å². The monoisotopic (exact) mass is 278 g/mol. The van der Waals surface area contributed by atoms with Crippen molar-refractivity contribution in [3.05, 3.63) is 0 Å². The quantitative estimate of drug-likeness (QED) is 0.699. The van der Waals surface area contributed by atoms with E-state index in [2.05, 4.69) is 24.5 Å². The summed E-state index contributed by atoms with van der Waals surface area (Å²) in [5.41, 5.74) is 0. The van der Waals surface area contributed by atoms with Gasteiger partial charge in [-0.05, 0) is 32.7 Å². The molecule has 108 valence electrons. The SMILES string of the molecule is CCCCCOCC(=O)NC1CCCNC1C.Cl. The smallest absolute Gasteiger partial charge is 0.246 e. The van der Waals surface area contributed by atoms with E-state index in [0.717, 1.165) is 25.8 Å². The molecule has 0 aromatic carbocycles. The topological polar surface area (TPSA) is 50.4 Å². The molecule has 1 aliphatic heterocycles. The number of hydrogen-bond donors (Lipinski definition) is 2. The average Bonchev–Trinajstić information content (AvgIpc) is 2.32. The second kappa shape index (κ2) is 10.6. The Balaban J connectivity index is 0.00000289. The third-order valence-electron chi connectivity index (χ3n) is 3.23. The minimum atomic E-state index is 0. The van der Waals surface area contributed by atoms with E-state index in [1.54, 1.807) is 0 Å². The highest BCUT2D eigenvalue weighted by Gasteiger charge is 2.21. The lowest BCUT2D eigenvalue weighted by molar-refractivity contribution is -0.126. The summed E-state index contributed by atoms with van der Waals surface area (Å²) >= 11 is 0. The zero-order valence-electron chi connectivity index (χ0n) is 11.5. The maximum atomic E-state index is 11.6. The number of carbonyl (C=O) groups excluding carboxylic acids is 1. The Morgan fingerprint density at radius 1 is 1.44 bits per heavy atom. The molecule has 1 saturated heterocycles. The van der Waals surface area contributed by atoms with Gasteiger partial charge in [-0.2, -0.15) is 0 Å².